The molecule has 0 heterocycles. The lowest BCUT2D eigenvalue weighted by molar-refractivity contribution is 0.422. The summed E-state index contributed by atoms with van der Waals surface area (Å²) in [7, 11) is 0. The van der Waals surface area contributed by atoms with Gasteiger partial charge in [0.15, 0.2) is 0 Å². The van der Waals surface area contributed by atoms with Crippen LogP contribution in [0.1, 0.15) is 33.6 Å². The Morgan fingerprint density at radius 2 is 1.67 bits per heavy atom. The summed E-state index contributed by atoms with van der Waals surface area (Å²) in [6, 6.07) is 0.843. The van der Waals surface area contributed by atoms with Gasteiger partial charge in [-0.25, -0.2) is 0 Å². The lowest BCUT2D eigenvalue weighted by atomic mass is 10.1. The molecule has 56 valence electrons. The van der Waals surface area contributed by atoms with Crippen molar-refractivity contribution in [2.45, 2.75) is 45.2 Å². The fourth-order valence-electron chi connectivity index (χ4n) is 0.840. The van der Waals surface area contributed by atoms with Crippen LogP contribution in [0, 0.1) is 0 Å². The minimum Gasteiger partial charge on any atom is -0.309 e. The van der Waals surface area contributed by atoms with Crippen molar-refractivity contribution in [1.29, 1.82) is 0 Å². The van der Waals surface area contributed by atoms with Crippen molar-refractivity contribution < 1.29 is 0 Å². The first-order valence-corrected chi connectivity index (χ1v) is 3.36. The molecule has 0 radical (unpaired) electrons. The van der Waals surface area contributed by atoms with Crippen molar-refractivity contribution in [1.82, 2.24) is 5.32 Å². The fourth-order valence-corrected chi connectivity index (χ4v) is 0.840. The highest BCUT2D eigenvalue weighted by atomic mass is 35.5. The van der Waals surface area contributed by atoms with E-state index in [4.69, 9.17) is 0 Å². The van der Waals surface area contributed by atoms with E-state index in [2.05, 4.69) is 26.1 Å². The van der Waals surface area contributed by atoms with Gasteiger partial charge in [0.05, 0.1) is 0 Å². The van der Waals surface area contributed by atoms with Crippen LogP contribution < -0.4 is 5.32 Å². The van der Waals surface area contributed by atoms with Crippen LogP contribution in [-0.4, -0.2) is 11.6 Å². The standard InChI is InChI=1S/C7H15N.ClH/c1-7(2,3)8-6-4-5-6;/h6,8H,4-5H2,1-3H3;1H. The summed E-state index contributed by atoms with van der Waals surface area (Å²) < 4.78 is 0. The van der Waals surface area contributed by atoms with Crippen molar-refractivity contribution in [3.8, 4) is 0 Å². The smallest absolute Gasteiger partial charge is 0.00990 e. The average Bonchev–Trinajstić information content (AvgIpc) is 2.12. The highest BCUT2D eigenvalue weighted by Crippen LogP contribution is 2.21. The Morgan fingerprint density at radius 3 is 1.78 bits per heavy atom. The zero-order valence-corrected chi connectivity index (χ0v) is 7.22. The average molecular weight is 150 g/mol. The molecule has 1 nitrogen and oxygen atoms in total. The SMILES string of the molecule is CC(C)(C)NC1CC1.Cl. The van der Waals surface area contributed by atoms with Crippen LogP contribution in [0.4, 0.5) is 0 Å². The van der Waals surface area contributed by atoms with E-state index in [9.17, 15) is 0 Å². The van der Waals surface area contributed by atoms with Gasteiger partial charge in [-0.2, -0.15) is 0 Å². The van der Waals surface area contributed by atoms with Crippen LogP contribution in [-0.2, 0) is 0 Å². The van der Waals surface area contributed by atoms with Crippen LogP contribution in [0.2, 0.25) is 0 Å². The molecule has 1 rings (SSSR count). The Labute approximate surface area is 63.6 Å². The molecule has 1 aliphatic rings. The van der Waals surface area contributed by atoms with E-state index >= 15 is 0 Å². The van der Waals surface area contributed by atoms with Crippen molar-refractivity contribution in [3.63, 3.8) is 0 Å². The molecule has 0 unspecified atom stereocenters. The molecule has 0 aliphatic heterocycles. The zero-order chi connectivity index (χ0) is 6.20. The second-order valence-electron chi connectivity index (χ2n) is 3.67. The topological polar surface area (TPSA) is 12.0 Å². The zero-order valence-electron chi connectivity index (χ0n) is 6.40. The molecule has 0 atom stereocenters. The molecular formula is C7H16ClN. The monoisotopic (exact) mass is 149 g/mol. The third-order valence-electron chi connectivity index (χ3n) is 1.21. The molecule has 0 aromatic rings. The van der Waals surface area contributed by atoms with E-state index < -0.39 is 0 Å². The van der Waals surface area contributed by atoms with Gasteiger partial charge in [-0.15, -0.1) is 12.4 Å². The maximum atomic E-state index is 3.49. The van der Waals surface area contributed by atoms with Gasteiger partial charge >= 0.3 is 0 Å². The summed E-state index contributed by atoms with van der Waals surface area (Å²) in [5.74, 6) is 0. The Kier molecular flexibility index (Phi) is 2.97. The third-order valence-corrected chi connectivity index (χ3v) is 1.21. The van der Waals surface area contributed by atoms with Gasteiger partial charge in [0.25, 0.3) is 0 Å². The van der Waals surface area contributed by atoms with E-state index in [0.29, 0.717) is 5.54 Å². The number of rotatable bonds is 1. The predicted octanol–water partition coefficient (Wildman–Crippen LogP) is 1.96. The van der Waals surface area contributed by atoms with Gasteiger partial charge in [0.2, 0.25) is 0 Å². The number of hydrogen-bond acceptors (Lipinski definition) is 1. The Morgan fingerprint density at radius 1 is 1.22 bits per heavy atom. The lowest BCUT2D eigenvalue weighted by Crippen LogP contribution is -2.37. The minimum atomic E-state index is 0. The third kappa shape index (κ3) is 4.73. The normalized spacial score (nSPS) is 19.0. The number of hydrogen-bond donors (Lipinski definition) is 1. The predicted molar refractivity (Wildman–Crippen MR) is 43.2 cm³/mol. The summed E-state index contributed by atoms with van der Waals surface area (Å²) in [6.07, 6.45) is 2.77. The first-order valence-electron chi connectivity index (χ1n) is 3.36. The second-order valence-corrected chi connectivity index (χ2v) is 3.67. The first-order chi connectivity index (χ1) is 3.58. The van der Waals surface area contributed by atoms with Crippen molar-refractivity contribution >= 4 is 12.4 Å². The van der Waals surface area contributed by atoms with Crippen LogP contribution in [0.15, 0.2) is 0 Å². The molecule has 0 saturated heterocycles. The number of nitrogens with one attached hydrogen (secondary N) is 1. The van der Waals surface area contributed by atoms with Gasteiger partial charge in [-0.05, 0) is 33.6 Å². The van der Waals surface area contributed by atoms with E-state index in [0.717, 1.165) is 6.04 Å². The van der Waals surface area contributed by atoms with Crippen molar-refractivity contribution in [2.75, 3.05) is 0 Å². The van der Waals surface area contributed by atoms with Crippen LogP contribution in [0.5, 0.6) is 0 Å². The van der Waals surface area contributed by atoms with Gasteiger partial charge in [0.1, 0.15) is 0 Å². The highest BCUT2D eigenvalue weighted by molar-refractivity contribution is 5.85. The van der Waals surface area contributed by atoms with E-state index in [1.54, 1.807) is 0 Å². The Bertz CT molecular complexity index is 81.4. The molecule has 1 fully saturated rings. The molecule has 1 aliphatic carbocycles. The van der Waals surface area contributed by atoms with Gasteiger partial charge in [-0.3, -0.25) is 0 Å². The molecule has 1 saturated carbocycles. The summed E-state index contributed by atoms with van der Waals surface area (Å²) in [5, 5.41) is 3.49. The largest absolute Gasteiger partial charge is 0.309 e. The molecule has 0 aromatic carbocycles. The second kappa shape index (κ2) is 2.89. The molecule has 1 N–H and O–H groups in total. The highest BCUT2D eigenvalue weighted by Gasteiger charge is 2.25. The lowest BCUT2D eigenvalue weighted by Gasteiger charge is -2.19. The molecule has 0 aromatic heterocycles. The Hall–Kier alpha value is 0.250. The van der Waals surface area contributed by atoms with Crippen molar-refractivity contribution in [2.24, 2.45) is 0 Å². The summed E-state index contributed by atoms with van der Waals surface area (Å²) >= 11 is 0. The quantitative estimate of drug-likeness (QED) is 0.601. The molecule has 9 heavy (non-hydrogen) atoms. The maximum Gasteiger partial charge on any atom is 0.00990 e. The van der Waals surface area contributed by atoms with Gasteiger partial charge in [0, 0.05) is 11.6 Å². The van der Waals surface area contributed by atoms with Crippen molar-refractivity contribution in [3.05, 3.63) is 0 Å². The van der Waals surface area contributed by atoms with Crippen LogP contribution >= 0.6 is 12.4 Å². The van der Waals surface area contributed by atoms with E-state index in [-0.39, 0.29) is 12.4 Å². The molecule has 0 amide bonds. The molecule has 0 bridgehead atoms. The fraction of sp³-hybridized carbons (Fsp3) is 1.00. The minimum absolute atomic E-state index is 0. The summed E-state index contributed by atoms with van der Waals surface area (Å²) in [4.78, 5) is 0. The molecule has 0 spiro atoms. The first kappa shape index (κ1) is 9.25. The molecule has 2 heteroatoms. The van der Waals surface area contributed by atoms with E-state index in [1.807, 2.05) is 0 Å². The van der Waals surface area contributed by atoms with Gasteiger partial charge in [-0.1, -0.05) is 0 Å². The van der Waals surface area contributed by atoms with Gasteiger partial charge < -0.3 is 5.32 Å². The van der Waals surface area contributed by atoms with Crippen LogP contribution in [0.3, 0.4) is 0 Å². The maximum absolute atomic E-state index is 3.49. The Balaban J connectivity index is 0.000000640. The number of halogens is 1. The molecular weight excluding hydrogens is 134 g/mol. The van der Waals surface area contributed by atoms with E-state index in [1.165, 1.54) is 12.8 Å². The summed E-state index contributed by atoms with van der Waals surface area (Å²) in [6.45, 7) is 6.64. The van der Waals surface area contributed by atoms with Crippen LogP contribution in [0.25, 0.3) is 0 Å². The summed E-state index contributed by atoms with van der Waals surface area (Å²) in [5.41, 5.74) is 0.334.